The van der Waals surface area contributed by atoms with Gasteiger partial charge in [-0.1, -0.05) is 55.5 Å². The number of nitrogens with one attached hydrogen (secondary N) is 3. The van der Waals surface area contributed by atoms with E-state index in [9.17, 15) is 19.2 Å². The number of hydrogen-bond acceptors (Lipinski definition) is 6. The summed E-state index contributed by atoms with van der Waals surface area (Å²) in [4.78, 5) is 50.0. The lowest BCUT2D eigenvalue weighted by Gasteiger charge is -2.28. The first kappa shape index (κ1) is 25.5. The smallest absolute Gasteiger partial charge is 0.338 e. The molecule has 9 heteroatoms. The van der Waals surface area contributed by atoms with Gasteiger partial charge in [0.1, 0.15) is 6.61 Å². The van der Waals surface area contributed by atoms with Gasteiger partial charge in [-0.05, 0) is 31.0 Å². The van der Waals surface area contributed by atoms with Gasteiger partial charge in [0, 0.05) is 5.56 Å². The number of rotatable bonds is 10. The molecule has 0 radical (unpaired) electrons. The zero-order valence-electron chi connectivity index (χ0n) is 19.7. The molecular weight excluding hydrogens is 450 g/mol. The molecule has 0 fully saturated rings. The predicted molar refractivity (Wildman–Crippen MR) is 128 cm³/mol. The molecule has 1 aliphatic rings. The van der Waals surface area contributed by atoms with Crippen LogP contribution in [0.2, 0.25) is 0 Å². The highest BCUT2D eigenvalue weighted by Crippen LogP contribution is 2.20. The largest absolute Gasteiger partial charge is 0.463 e. The molecule has 35 heavy (non-hydrogen) atoms. The molecule has 3 amide bonds. The molecule has 0 spiro atoms. The molecule has 0 bridgehead atoms. The van der Waals surface area contributed by atoms with E-state index in [0.29, 0.717) is 12.0 Å². The van der Waals surface area contributed by atoms with Crippen LogP contribution in [0.4, 0.5) is 4.79 Å². The van der Waals surface area contributed by atoms with E-state index < -0.39 is 30.1 Å². The second kappa shape index (κ2) is 12.4. The number of amides is 3. The topological polar surface area (TPSA) is 123 Å². The molecule has 9 nitrogen and oxygen atoms in total. The molecule has 0 aromatic heterocycles. The highest BCUT2D eigenvalue weighted by Gasteiger charge is 2.32. The number of esters is 2. The standard InChI is InChI=1S/C26H29N3O6/c1-3-19-23(25(32)34-4-2)21(29-26(33)28-19)16-35-22(30)15-20(17-11-7-5-8-12-17)27-24(31)18-13-9-6-10-14-18/h5-14,19-20H,3-4,15-16H2,1-2H3,(H,27,31)(H2,28,29,33). The van der Waals surface area contributed by atoms with Crippen molar-refractivity contribution in [3.8, 4) is 0 Å². The van der Waals surface area contributed by atoms with Gasteiger partial charge >= 0.3 is 18.0 Å². The summed E-state index contributed by atoms with van der Waals surface area (Å²) in [6.07, 6.45) is 0.314. The van der Waals surface area contributed by atoms with Crippen molar-refractivity contribution in [2.45, 2.75) is 38.8 Å². The van der Waals surface area contributed by atoms with Crippen LogP contribution in [0.5, 0.6) is 0 Å². The SMILES string of the molecule is CCOC(=O)C1=C(COC(=O)CC(NC(=O)c2ccccc2)c2ccccc2)NC(=O)NC1CC. The third kappa shape index (κ3) is 6.92. The first-order valence-corrected chi connectivity index (χ1v) is 11.5. The number of ether oxygens (including phenoxy) is 2. The highest BCUT2D eigenvalue weighted by molar-refractivity contribution is 5.95. The van der Waals surface area contributed by atoms with Crippen molar-refractivity contribution in [1.29, 1.82) is 0 Å². The second-order valence-corrected chi connectivity index (χ2v) is 7.84. The van der Waals surface area contributed by atoms with Crippen LogP contribution in [-0.2, 0) is 19.1 Å². The molecule has 3 rings (SSSR count). The molecule has 3 N–H and O–H groups in total. The highest BCUT2D eigenvalue weighted by atomic mass is 16.5. The van der Waals surface area contributed by atoms with Gasteiger partial charge in [0.2, 0.25) is 0 Å². The molecule has 1 heterocycles. The summed E-state index contributed by atoms with van der Waals surface area (Å²) in [6, 6.07) is 16.1. The Morgan fingerprint density at radius 1 is 0.971 bits per heavy atom. The van der Waals surface area contributed by atoms with Gasteiger partial charge in [-0.2, -0.15) is 0 Å². The summed E-state index contributed by atoms with van der Waals surface area (Å²) in [5, 5.41) is 8.09. The number of urea groups is 1. The van der Waals surface area contributed by atoms with Crippen LogP contribution in [0.1, 0.15) is 48.7 Å². The zero-order chi connectivity index (χ0) is 25.2. The minimum atomic E-state index is -0.638. The van der Waals surface area contributed by atoms with Crippen molar-refractivity contribution in [3.63, 3.8) is 0 Å². The Morgan fingerprint density at radius 2 is 1.63 bits per heavy atom. The van der Waals surface area contributed by atoms with Crippen LogP contribution in [0, 0.1) is 0 Å². The molecule has 0 saturated heterocycles. The maximum atomic E-state index is 12.8. The zero-order valence-corrected chi connectivity index (χ0v) is 19.7. The van der Waals surface area contributed by atoms with Gasteiger partial charge in [0.15, 0.2) is 0 Å². The van der Waals surface area contributed by atoms with Crippen LogP contribution < -0.4 is 16.0 Å². The lowest BCUT2D eigenvalue weighted by molar-refractivity contribution is -0.144. The van der Waals surface area contributed by atoms with E-state index >= 15 is 0 Å². The summed E-state index contributed by atoms with van der Waals surface area (Å²) in [6.45, 7) is 3.35. The van der Waals surface area contributed by atoms with Crippen molar-refractivity contribution in [2.24, 2.45) is 0 Å². The molecule has 2 atom stereocenters. The van der Waals surface area contributed by atoms with Gasteiger partial charge in [-0.25, -0.2) is 9.59 Å². The number of benzene rings is 2. The molecular formula is C26H29N3O6. The maximum absolute atomic E-state index is 12.8. The molecule has 1 aliphatic heterocycles. The molecule has 184 valence electrons. The molecule has 0 aliphatic carbocycles. The van der Waals surface area contributed by atoms with E-state index in [1.54, 1.807) is 31.2 Å². The Morgan fingerprint density at radius 3 is 2.26 bits per heavy atom. The van der Waals surface area contributed by atoms with Crippen LogP contribution in [0.15, 0.2) is 71.9 Å². The van der Waals surface area contributed by atoms with E-state index in [4.69, 9.17) is 9.47 Å². The fourth-order valence-corrected chi connectivity index (χ4v) is 3.72. The van der Waals surface area contributed by atoms with Gasteiger partial charge in [0.05, 0.1) is 36.4 Å². The van der Waals surface area contributed by atoms with E-state index in [-0.39, 0.29) is 36.8 Å². The number of hydrogen-bond donors (Lipinski definition) is 3. The van der Waals surface area contributed by atoms with Crippen LogP contribution in [0.3, 0.4) is 0 Å². The van der Waals surface area contributed by atoms with Crippen LogP contribution in [-0.4, -0.2) is 43.1 Å². The number of carbonyl (C=O) groups excluding carboxylic acids is 4. The average molecular weight is 480 g/mol. The fraction of sp³-hybridized carbons (Fsp3) is 0.308. The van der Waals surface area contributed by atoms with E-state index in [1.165, 1.54) is 0 Å². The minimum Gasteiger partial charge on any atom is -0.463 e. The monoisotopic (exact) mass is 479 g/mol. The Labute approximate surface area is 203 Å². The van der Waals surface area contributed by atoms with Crippen molar-refractivity contribution < 1.29 is 28.7 Å². The Kier molecular flexibility index (Phi) is 9.00. The van der Waals surface area contributed by atoms with Gasteiger partial charge in [-0.3, -0.25) is 9.59 Å². The van der Waals surface area contributed by atoms with Crippen molar-refractivity contribution in [3.05, 3.63) is 83.1 Å². The molecule has 0 saturated carbocycles. The quantitative estimate of drug-likeness (QED) is 0.450. The lowest BCUT2D eigenvalue weighted by Crippen LogP contribution is -2.51. The summed E-state index contributed by atoms with van der Waals surface area (Å²) in [5.74, 6) is -1.52. The minimum absolute atomic E-state index is 0.145. The van der Waals surface area contributed by atoms with Crippen molar-refractivity contribution in [1.82, 2.24) is 16.0 Å². The molecule has 2 unspecified atom stereocenters. The van der Waals surface area contributed by atoms with Crippen LogP contribution >= 0.6 is 0 Å². The van der Waals surface area contributed by atoms with E-state index in [2.05, 4.69) is 16.0 Å². The summed E-state index contributed by atoms with van der Waals surface area (Å²) >= 11 is 0. The predicted octanol–water partition coefficient (Wildman–Crippen LogP) is 3.00. The van der Waals surface area contributed by atoms with Gasteiger partial charge < -0.3 is 25.4 Å². The number of carbonyl (C=O) groups is 4. The summed E-state index contributed by atoms with van der Waals surface area (Å²) in [7, 11) is 0. The van der Waals surface area contributed by atoms with Gasteiger partial charge in [-0.15, -0.1) is 0 Å². The normalized spacial score (nSPS) is 15.9. The molecule has 2 aromatic rings. The third-order valence-electron chi connectivity index (χ3n) is 5.44. The Bertz CT molecular complexity index is 1080. The van der Waals surface area contributed by atoms with E-state index in [0.717, 1.165) is 5.56 Å². The van der Waals surface area contributed by atoms with Gasteiger partial charge in [0.25, 0.3) is 5.91 Å². The van der Waals surface area contributed by atoms with E-state index in [1.807, 2.05) is 43.3 Å². The fourth-order valence-electron chi connectivity index (χ4n) is 3.72. The van der Waals surface area contributed by atoms with Crippen molar-refractivity contribution in [2.75, 3.05) is 13.2 Å². The first-order chi connectivity index (χ1) is 16.9. The van der Waals surface area contributed by atoms with Crippen LogP contribution in [0.25, 0.3) is 0 Å². The Balaban J connectivity index is 1.74. The van der Waals surface area contributed by atoms with Crippen molar-refractivity contribution >= 4 is 23.9 Å². The summed E-state index contributed by atoms with van der Waals surface area (Å²) < 4.78 is 10.5. The second-order valence-electron chi connectivity index (χ2n) is 7.84. The average Bonchev–Trinajstić information content (AvgIpc) is 2.87. The lowest BCUT2D eigenvalue weighted by atomic mass is 10.0. The molecule has 2 aromatic carbocycles. The third-order valence-corrected chi connectivity index (χ3v) is 5.44. The summed E-state index contributed by atoms with van der Waals surface area (Å²) in [5.41, 5.74) is 1.60. The Hall–Kier alpha value is -4.14. The first-order valence-electron chi connectivity index (χ1n) is 11.5. The maximum Gasteiger partial charge on any atom is 0.338 e.